The molecular formula is C14H17N2OS+. The number of benzene rings is 1. The average Bonchev–Trinajstić information content (AvgIpc) is 2.83. The largest absolute Gasteiger partial charge is 0.390 e. The van der Waals surface area contributed by atoms with Crippen molar-refractivity contribution in [3.05, 3.63) is 40.7 Å². The van der Waals surface area contributed by atoms with Crippen molar-refractivity contribution >= 4 is 11.7 Å². The van der Waals surface area contributed by atoms with E-state index in [1.165, 1.54) is 43.8 Å². The molecule has 3 rings (SSSR count). The van der Waals surface area contributed by atoms with Gasteiger partial charge in [-0.25, -0.2) is 4.79 Å². The van der Waals surface area contributed by atoms with Gasteiger partial charge >= 0.3 is 5.56 Å². The summed E-state index contributed by atoms with van der Waals surface area (Å²) in [5.74, 6) is 0. The minimum absolute atomic E-state index is 0.0387. The summed E-state index contributed by atoms with van der Waals surface area (Å²) in [6.45, 7) is 0. The fraction of sp³-hybridized carbons (Fsp3) is 0.429. The third-order valence-electron chi connectivity index (χ3n) is 3.63. The predicted molar refractivity (Wildman–Crippen MR) is 72.7 cm³/mol. The lowest BCUT2D eigenvalue weighted by Gasteiger charge is -2.18. The summed E-state index contributed by atoms with van der Waals surface area (Å²) in [7, 11) is 0. The zero-order chi connectivity index (χ0) is 12.4. The van der Waals surface area contributed by atoms with Crippen LogP contribution in [0.3, 0.4) is 0 Å². The summed E-state index contributed by atoms with van der Waals surface area (Å²) in [5, 5.41) is 0. The van der Waals surface area contributed by atoms with E-state index in [1.54, 1.807) is 0 Å². The molecule has 0 saturated heterocycles. The van der Waals surface area contributed by atoms with Gasteiger partial charge in [0.15, 0.2) is 0 Å². The van der Waals surface area contributed by atoms with Gasteiger partial charge in [0.25, 0.3) is 0 Å². The van der Waals surface area contributed by atoms with Crippen molar-refractivity contribution in [3.8, 4) is 11.3 Å². The molecule has 1 saturated carbocycles. The molecule has 94 valence electrons. The van der Waals surface area contributed by atoms with Crippen LogP contribution in [0.5, 0.6) is 0 Å². The van der Waals surface area contributed by atoms with Crippen LogP contribution in [0.15, 0.2) is 35.1 Å². The molecule has 0 amide bonds. The van der Waals surface area contributed by atoms with Crippen molar-refractivity contribution in [3.63, 3.8) is 0 Å². The molecule has 1 aromatic heterocycles. The highest BCUT2D eigenvalue weighted by molar-refractivity contribution is 6.94. The molecule has 3 nitrogen and oxygen atoms in total. The first kappa shape index (κ1) is 11.7. The normalized spacial score (nSPS) is 16.9. The van der Waals surface area contributed by atoms with Gasteiger partial charge in [-0.1, -0.05) is 36.8 Å². The van der Waals surface area contributed by atoms with Crippen LogP contribution in [0, 0.1) is 0 Å². The van der Waals surface area contributed by atoms with Crippen molar-refractivity contribution < 1.29 is 3.96 Å². The van der Waals surface area contributed by atoms with Crippen molar-refractivity contribution in [1.29, 1.82) is 0 Å². The first-order valence-corrected chi connectivity index (χ1v) is 7.32. The van der Waals surface area contributed by atoms with E-state index in [-0.39, 0.29) is 5.56 Å². The van der Waals surface area contributed by atoms with Crippen molar-refractivity contribution in [1.82, 2.24) is 4.37 Å². The van der Waals surface area contributed by atoms with Crippen molar-refractivity contribution in [2.45, 2.75) is 38.1 Å². The molecule has 0 atom stereocenters. The standard InChI is InChI=1S/C14H16N2OS/c17-14-13(11-7-3-1-4-8-11)16(18-15-14)12-9-5-2-6-10-12/h1,3-4,7-8,12H,2,5-6,9-10H2/p+1. The van der Waals surface area contributed by atoms with Gasteiger partial charge in [-0.3, -0.25) is 0 Å². The van der Waals surface area contributed by atoms with Crippen LogP contribution in [0.2, 0.25) is 0 Å². The van der Waals surface area contributed by atoms with Crippen LogP contribution < -0.4 is 9.52 Å². The van der Waals surface area contributed by atoms with E-state index in [0.717, 1.165) is 11.3 Å². The smallest absolute Gasteiger partial charge is 0.235 e. The molecule has 0 radical (unpaired) electrons. The van der Waals surface area contributed by atoms with Gasteiger partial charge in [0.2, 0.25) is 17.4 Å². The highest BCUT2D eigenvalue weighted by atomic mass is 32.1. The molecular weight excluding hydrogens is 244 g/mol. The maximum atomic E-state index is 12.0. The number of nitrogens with zero attached hydrogens (tertiary/aromatic N) is 1. The number of nitrogens with one attached hydrogen (secondary N) is 1. The fourth-order valence-electron chi connectivity index (χ4n) is 2.71. The van der Waals surface area contributed by atoms with Gasteiger partial charge < -0.3 is 0 Å². The number of hydrogen-bond donors (Lipinski definition) is 1. The second kappa shape index (κ2) is 5.06. The molecule has 2 aromatic rings. The Morgan fingerprint density at radius 1 is 1.11 bits per heavy atom. The predicted octanol–water partition coefficient (Wildman–Crippen LogP) is 2.90. The quantitative estimate of drug-likeness (QED) is 0.829. The Kier molecular flexibility index (Phi) is 3.28. The highest BCUT2D eigenvalue weighted by Crippen LogP contribution is 2.26. The van der Waals surface area contributed by atoms with Gasteiger partial charge in [-0.2, -0.15) is 8.33 Å². The number of hydrogen-bond acceptors (Lipinski definition) is 2. The van der Waals surface area contributed by atoms with Gasteiger partial charge in [-0.15, -0.1) is 0 Å². The third kappa shape index (κ3) is 2.12. The Labute approximate surface area is 110 Å². The number of H-pyrrole nitrogens is 1. The van der Waals surface area contributed by atoms with E-state index >= 15 is 0 Å². The average molecular weight is 261 g/mol. The van der Waals surface area contributed by atoms with Gasteiger partial charge in [-0.05, 0) is 25.7 Å². The first-order chi connectivity index (χ1) is 8.86. The minimum Gasteiger partial charge on any atom is -0.235 e. The van der Waals surface area contributed by atoms with E-state index in [2.05, 4.69) is 8.33 Å². The maximum absolute atomic E-state index is 12.0. The second-order valence-electron chi connectivity index (χ2n) is 4.85. The zero-order valence-electron chi connectivity index (χ0n) is 10.3. The third-order valence-corrected chi connectivity index (χ3v) is 4.58. The molecule has 4 heteroatoms. The Morgan fingerprint density at radius 3 is 2.56 bits per heavy atom. The molecule has 1 N–H and O–H groups in total. The van der Waals surface area contributed by atoms with E-state index in [4.69, 9.17) is 0 Å². The lowest BCUT2D eigenvalue weighted by Crippen LogP contribution is -2.40. The molecule has 0 unspecified atom stereocenters. The summed E-state index contributed by atoms with van der Waals surface area (Å²) < 4.78 is 5.07. The Hall–Kier alpha value is -1.42. The topological polar surface area (TPSA) is 36.7 Å². The second-order valence-corrected chi connectivity index (χ2v) is 5.63. The van der Waals surface area contributed by atoms with Crippen LogP contribution in [-0.4, -0.2) is 4.37 Å². The summed E-state index contributed by atoms with van der Waals surface area (Å²) in [4.78, 5) is 12.0. The molecule has 18 heavy (non-hydrogen) atoms. The lowest BCUT2D eigenvalue weighted by atomic mass is 9.95. The number of aromatic nitrogens is 2. The maximum Gasteiger partial charge on any atom is 0.390 e. The Morgan fingerprint density at radius 2 is 1.83 bits per heavy atom. The molecule has 1 aromatic carbocycles. The first-order valence-electron chi connectivity index (χ1n) is 6.55. The van der Waals surface area contributed by atoms with Crippen LogP contribution in [0.4, 0.5) is 0 Å². The fourth-order valence-corrected chi connectivity index (χ4v) is 3.63. The zero-order valence-corrected chi connectivity index (χ0v) is 11.1. The Bertz CT molecular complexity index is 567. The molecule has 1 aliphatic carbocycles. The molecule has 0 bridgehead atoms. The lowest BCUT2D eigenvalue weighted by molar-refractivity contribution is -0.651. The molecule has 1 aliphatic rings. The van der Waals surface area contributed by atoms with E-state index < -0.39 is 0 Å². The SMILES string of the molecule is O=c1[nH]s[n+](C2CCCCC2)c1-c1ccccc1. The Balaban J connectivity index is 2.04. The van der Waals surface area contributed by atoms with Crippen molar-refractivity contribution in [2.75, 3.05) is 0 Å². The van der Waals surface area contributed by atoms with E-state index in [1.807, 2.05) is 30.3 Å². The monoisotopic (exact) mass is 261 g/mol. The summed E-state index contributed by atoms with van der Waals surface area (Å²) in [6, 6.07) is 10.5. The molecule has 1 fully saturated rings. The van der Waals surface area contributed by atoms with E-state index in [0.29, 0.717) is 6.04 Å². The number of rotatable bonds is 2. The van der Waals surface area contributed by atoms with Crippen LogP contribution >= 0.6 is 11.7 Å². The summed E-state index contributed by atoms with van der Waals surface area (Å²) in [5.41, 5.74) is 1.88. The van der Waals surface area contributed by atoms with Crippen LogP contribution in [0.1, 0.15) is 38.1 Å². The molecule has 0 aliphatic heterocycles. The summed E-state index contributed by atoms with van der Waals surface area (Å²) in [6.07, 6.45) is 6.27. The van der Waals surface area contributed by atoms with E-state index in [9.17, 15) is 4.79 Å². The van der Waals surface area contributed by atoms with Gasteiger partial charge in [0.1, 0.15) is 6.04 Å². The minimum atomic E-state index is 0.0387. The van der Waals surface area contributed by atoms with Crippen LogP contribution in [-0.2, 0) is 0 Å². The number of aromatic amines is 1. The van der Waals surface area contributed by atoms with Crippen molar-refractivity contribution in [2.24, 2.45) is 0 Å². The van der Waals surface area contributed by atoms with Gasteiger partial charge in [0.05, 0.1) is 0 Å². The van der Waals surface area contributed by atoms with Crippen LogP contribution in [0.25, 0.3) is 11.3 Å². The van der Waals surface area contributed by atoms with Gasteiger partial charge in [0, 0.05) is 5.56 Å². The summed E-state index contributed by atoms with van der Waals surface area (Å²) >= 11 is 1.46. The molecule has 0 spiro atoms. The highest BCUT2D eigenvalue weighted by Gasteiger charge is 2.27. The molecule has 1 heterocycles.